The van der Waals surface area contributed by atoms with Crippen molar-refractivity contribution < 1.29 is 14.3 Å². The first-order chi connectivity index (χ1) is 12.1. The molecule has 2 aliphatic rings. The van der Waals surface area contributed by atoms with E-state index in [2.05, 4.69) is 17.4 Å². The van der Waals surface area contributed by atoms with E-state index in [1.54, 1.807) is 11.8 Å². The Kier molecular flexibility index (Phi) is 6.12. The molecule has 0 radical (unpaired) electrons. The number of fused-ring (bicyclic) bond motifs is 1. The molecule has 1 aromatic carbocycles. The number of ether oxygens (including phenoxy) is 2. The molecule has 1 amide bonds. The lowest BCUT2D eigenvalue weighted by molar-refractivity contribution is -0.122. The molecule has 0 bridgehead atoms. The number of benzene rings is 1. The van der Waals surface area contributed by atoms with Gasteiger partial charge in [0, 0.05) is 12.0 Å². The highest BCUT2D eigenvalue weighted by Crippen LogP contribution is 2.43. The number of rotatable bonds is 7. The number of carbonyl (C=O) groups excluding carboxylic acids is 1. The predicted molar refractivity (Wildman–Crippen MR) is 101 cm³/mol. The largest absolute Gasteiger partial charge is 0.454 e. The predicted octanol–water partition coefficient (Wildman–Crippen LogP) is 2.81. The van der Waals surface area contributed by atoms with Gasteiger partial charge in [0.05, 0.1) is 6.04 Å². The number of carbonyl (C=O) groups is 1. The van der Waals surface area contributed by atoms with E-state index in [0.717, 1.165) is 30.1 Å². The third kappa shape index (κ3) is 4.23. The molecule has 3 N–H and O–H groups in total. The Morgan fingerprint density at radius 2 is 2.04 bits per heavy atom. The summed E-state index contributed by atoms with van der Waals surface area (Å²) in [5, 5.41) is 3.12. The summed E-state index contributed by atoms with van der Waals surface area (Å²) in [6.07, 6.45) is 8.52. The van der Waals surface area contributed by atoms with Gasteiger partial charge in [-0.25, -0.2) is 0 Å². The molecule has 1 fully saturated rings. The van der Waals surface area contributed by atoms with Crippen molar-refractivity contribution in [2.45, 2.75) is 50.0 Å². The highest BCUT2D eigenvalue weighted by molar-refractivity contribution is 7.98. The average Bonchev–Trinajstić information content (AvgIpc) is 3.12. The smallest absolute Gasteiger partial charge is 0.236 e. The van der Waals surface area contributed by atoms with Crippen molar-refractivity contribution in [2.75, 3.05) is 25.3 Å². The van der Waals surface area contributed by atoms with Gasteiger partial charge in [-0.2, -0.15) is 11.8 Å². The van der Waals surface area contributed by atoms with Gasteiger partial charge in [-0.15, -0.1) is 0 Å². The third-order valence-electron chi connectivity index (χ3n) is 5.37. The fraction of sp³-hybridized carbons (Fsp3) is 0.632. The van der Waals surface area contributed by atoms with Crippen LogP contribution in [-0.2, 0) is 10.2 Å². The van der Waals surface area contributed by atoms with Gasteiger partial charge in [-0.1, -0.05) is 25.3 Å². The van der Waals surface area contributed by atoms with E-state index >= 15 is 0 Å². The number of nitrogens with one attached hydrogen (secondary N) is 1. The lowest BCUT2D eigenvalue weighted by atomic mass is 9.69. The minimum absolute atomic E-state index is 0.0336. The fourth-order valence-electron chi connectivity index (χ4n) is 3.79. The zero-order valence-corrected chi connectivity index (χ0v) is 15.7. The van der Waals surface area contributed by atoms with Crippen molar-refractivity contribution in [3.05, 3.63) is 23.8 Å². The molecule has 1 aromatic rings. The summed E-state index contributed by atoms with van der Waals surface area (Å²) in [4.78, 5) is 12.4. The van der Waals surface area contributed by atoms with Crippen LogP contribution in [0, 0.1) is 0 Å². The molecule has 6 heteroatoms. The first kappa shape index (κ1) is 18.4. The first-order valence-corrected chi connectivity index (χ1v) is 10.5. The highest BCUT2D eigenvalue weighted by Gasteiger charge is 2.35. The van der Waals surface area contributed by atoms with E-state index in [-0.39, 0.29) is 18.1 Å². The molecule has 0 saturated heterocycles. The lowest BCUT2D eigenvalue weighted by Crippen LogP contribution is -2.47. The monoisotopic (exact) mass is 364 g/mol. The van der Waals surface area contributed by atoms with E-state index in [4.69, 9.17) is 15.2 Å². The van der Waals surface area contributed by atoms with Crippen LogP contribution in [0.4, 0.5) is 0 Å². The summed E-state index contributed by atoms with van der Waals surface area (Å²) in [5.74, 6) is 2.48. The van der Waals surface area contributed by atoms with Crippen LogP contribution in [0.3, 0.4) is 0 Å². The number of nitrogens with two attached hydrogens (primary N) is 1. The van der Waals surface area contributed by atoms with Gasteiger partial charge in [-0.3, -0.25) is 4.79 Å². The Labute approximate surface area is 154 Å². The van der Waals surface area contributed by atoms with E-state index in [1.807, 2.05) is 12.3 Å². The van der Waals surface area contributed by atoms with Crippen LogP contribution >= 0.6 is 11.8 Å². The molecule has 25 heavy (non-hydrogen) atoms. The van der Waals surface area contributed by atoms with Crippen LogP contribution in [0.25, 0.3) is 0 Å². The molecule has 0 aromatic heterocycles. The topological polar surface area (TPSA) is 73.6 Å². The minimum atomic E-state index is -0.426. The molecule has 5 nitrogen and oxygen atoms in total. The van der Waals surface area contributed by atoms with Crippen LogP contribution < -0.4 is 20.5 Å². The molecule has 138 valence electrons. The van der Waals surface area contributed by atoms with Gasteiger partial charge in [-0.05, 0) is 49.0 Å². The lowest BCUT2D eigenvalue weighted by Gasteiger charge is -2.38. The number of amides is 1. The Morgan fingerprint density at radius 3 is 2.80 bits per heavy atom. The molecule has 1 heterocycles. The van der Waals surface area contributed by atoms with Gasteiger partial charge < -0.3 is 20.5 Å². The molecule has 0 unspecified atom stereocenters. The van der Waals surface area contributed by atoms with Gasteiger partial charge in [0.2, 0.25) is 12.7 Å². The van der Waals surface area contributed by atoms with Crippen molar-refractivity contribution in [3.8, 4) is 11.5 Å². The Bertz CT molecular complexity index is 602. The zero-order valence-electron chi connectivity index (χ0n) is 14.9. The maximum Gasteiger partial charge on any atom is 0.236 e. The summed E-state index contributed by atoms with van der Waals surface area (Å²) in [5.41, 5.74) is 7.21. The molecular formula is C19H28N2O3S. The molecule has 0 spiro atoms. The van der Waals surface area contributed by atoms with Crippen LogP contribution in [0.5, 0.6) is 11.5 Å². The van der Waals surface area contributed by atoms with Crippen molar-refractivity contribution in [1.29, 1.82) is 0 Å². The SMILES string of the molecule is CSCC[C@H](N)C(=O)NCC1(c2ccc3c(c2)OCO3)CCCCC1. The molecule has 1 aliphatic heterocycles. The Hall–Kier alpha value is -1.40. The summed E-state index contributed by atoms with van der Waals surface area (Å²) in [6.45, 7) is 0.922. The maximum atomic E-state index is 12.4. The second-order valence-corrected chi connectivity index (χ2v) is 8.00. The van der Waals surface area contributed by atoms with Gasteiger partial charge in [0.15, 0.2) is 11.5 Å². The highest BCUT2D eigenvalue weighted by atomic mass is 32.2. The van der Waals surface area contributed by atoms with E-state index in [1.165, 1.54) is 24.8 Å². The Morgan fingerprint density at radius 1 is 1.28 bits per heavy atom. The van der Waals surface area contributed by atoms with Crippen LogP contribution in [-0.4, -0.2) is 37.3 Å². The van der Waals surface area contributed by atoms with Gasteiger partial charge in [0.25, 0.3) is 0 Å². The van der Waals surface area contributed by atoms with Crippen LogP contribution in [0.1, 0.15) is 44.1 Å². The van der Waals surface area contributed by atoms with Crippen LogP contribution in [0.2, 0.25) is 0 Å². The van der Waals surface area contributed by atoms with Crippen molar-refractivity contribution in [2.24, 2.45) is 5.73 Å². The van der Waals surface area contributed by atoms with Crippen LogP contribution in [0.15, 0.2) is 18.2 Å². The standard InChI is InChI=1S/C19H28N2O3S/c1-25-10-7-15(20)18(22)21-12-19(8-3-2-4-9-19)14-5-6-16-17(11-14)24-13-23-16/h5-6,11,15H,2-4,7-10,12-13,20H2,1H3,(H,21,22)/t15-/m0/s1. The average molecular weight is 365 g/mol. The first-order valence-electron chi connectivity index (χ1n) is 9.07. The fourth-order valence-corrected chi connectivity index (χ4v) is 4.28. The van der Waals surface area contributed by atoms with Gasteiger partial charge in [0.1, 0.15) is 0 Å². The Balaban J connectivity index is 1.72. The normalized spacial score (nSPS) is 19.4. The minimum Gasteiger partial charge on any atom is -0.454 e. The maximum absolute atomic E-state index is 12.4. The third-order valence-corrected chi connectivity index (χ3v) is 6.01. The molecule has 1 saturated carbocycles. The quantitative estimate of drug-likeness (QED) is 0.778. The zero-order chi connectivity index (χ0) is 17.7. The van der Waals surface area contributed by atoms with Crippen molar-refractivity contribution in [1.82, 2.24) is 5.32 Å². The molecule has 1 aliphatic carbocycles. The summed E-state index contributed by atoms with van der Waals surface area (Å²) >= 11 is 1.72. The summed E-state index contributed by atoms with van der Waals surface area (Å²) < 4.78 is 11.0. The number of thioether (sulfide) groups is 1. The van der Waals surface area contributed by atoms with E-state index in [0.29, 0.717) is 13.0 Å². The molecular weight excluding hydrogens is 336 g/mol. The number of hydrogen-bond donors (Lipinski definition) is 2. The number of hydrogen-bond acceptors (Lipinski definition) is 5. The van der Waals surface area contributed by atoms with Crippen molar-refractivity contribution >= 4 is 17.7 Å². The second-order valence-electron chi connectivity index (χ2n) is 7.01. The summed E-state index contributed by atoms with van der Waals surface area (Å²) in [7, 11) is 0. The molecule has 3 rings (SSSR count). The molecule has 1 atom stereocenters. The van der Waals surface area contributed by atoms with Crippen molar-refractivity contribution in [3.63, 3.8) is 0 Å². The van der Waals surface area contributed by atoms with Gasteiger partial charge >= 0.3 is 0 Å². The second kappa shape index (κ2) is 8.32. The van der Waals surface area contributed by atoms with E-state index in [9.17, 15) is 4.79 Å². The van der Waals surface area contributed by atoms with E-state index < -0.39 is 6.04 Å². The summed E-state index contributed by atoms with van der Waals surface area (Å²) in [6, 6.07) is 5.77.